The van der Waals surface area contributed by atoms with E-state index in [2.05, 4.69) is 11.9 Å². The molecular formula is C17H20FN3O. The number of nitrogens with zero attached hydrogens (tertiary/aromatic N) is 2. The van der Waals surface area contributed by atoms with Crippen LogP contribution in [0.1, 0.15) is 13.3 Å². The van der Waals surface area contributed by atoms with Crippen LogP contribution in [0.5, 0.6) is 5.75 Å². The van der Waals surface area contributed by atoms with Crippen molar-refractivity contribution in [1.29, 1.82) is 0 Å². The number of anilines is 1. The topological polar surface area (TPSA) is 42.5 Å². The predicted octanol–water partition coefficient (Wildman–Crippen LogP) is 3.73. The normalized spacial score (nSPS) is 15.0. The molecule has 2 heterocycles. The second-order valence-electron chi connectivity index (χ2n) is 5.52. The minimum atomic E-state index is -0.239. The van der Waals surface area contributed by atoms with Crippen LogP contribution in [0.4, 0.5) is 10.1 Å². The highest BCUT2D eigenvalue weighted by molar-refractivity contribution is 5.94. The van der Waals surface area contributed by atoms with Crippen LogP contribution in [-0.2, 0) is 0 Å². The number of nitrogens with one attached hydrogen (secondary N) is 1. The highest BCUT2D eigenvalue weighted by Gasteiger charge is 2.19. The van der Waals surface area contributed by atoms with Gasteiger partial charge in [0, 0.05) is 43.4 Å². The van der Waals surface area contributed by atoms with Crippen molar-refractivity contribution in [3.63, 3.8) is 0 Å². The Hall–Kier alpha value is -2.43. The molecular weight excluding hydrogens is 281 g/mol. The van der Waals surface area contributed by atoms with Crippen molar-refractivity contribution in [2.24, 2.45) is 0 Å². The quantitative estimate of drug-likeness (QED) is 0.904. The Morgan fingerprint density at radius 2 is 2.23 bits per heavy atom. The van der Waals surface area contributed by atoms with Crippen LogP contribution in [0.3, 0.4) is 0 Å². The first-order valence-electron chi connectivity index (χ1n) is 7.46. The van der Waals surface area contributed by atoms with Crippen LogP contribution >= 0.6 is 0 Å². The summed E-state index contributed by atoms with van der Waals surface area (Å²) in [5.74, 6) is -0.0405. The van der Waals surface area contributed by atoms with E-state index in [4.69, 9.17) is 0 Å². The summed E-state index contributed by atoms with van der Waals surface area (Å²) in [4.78, 5) is 6.93. The Morgan fingerprint density at radius 3 is 2.95 bits per heavy atom. The van der Waals surface area contributed by atoms with Gasteiger partial charge < -0.3 is 19.9 Å². The molecule has 0 atom stereocenters. The van der Waals surface area contributed by atoms with Crippen molar-refractivity contribution >= 4 is 16.6 Å². The molecule has 0 saturated heterocycles. The molecule has 3 rings (SSSR count). The number of aromatic nitrogens is 1. The summed E-state index contributed by atoms with van der Waals surface area (Å²) in [7, 11) is 1.83. The molecule has 0 spiro atoms. The Morgan fingerprint density at radius 1 is 1.41 bits per heavy atom. The maximum absolute atomic E-state index is 14.4. The lowest BCUT2D eigenvalue weighted by Gasteiger charge is -2.28. The number of halogens is 1. The summed E-state index contributed by atoms with van der Waals surface area (Å²) in [6, 6.07) is 5.13. The van der Waals surface area contributed by atoms with E-state index in [1.54, 1.807) is 18.3 Å². The van der Waals surface area contributed by atoms with Gasteiger partial charge in [-0.2, -0.15) is 0 Å². The Balaban J connectivity index is 1.92. The van der Waals surface area contributed by atoms with Gasteiger partial charge in [-0.25, -0.2) is 4.39 Å². The largest absolute Gasteiger partial charge is 0.508 e. The zero-order valence-corrected chi connectivity index (χ0v) is 12.8. The SMILES string of the molecule is CCCN1C=C(F)C(N(C)c2c[nH]c3ccc(O)cc23)=CC1. The average molecular weight is 301 g/mol. The first-order valence-corrected chi connectivity index (χ1v) is 7.46. The van der Waals surface area contributed by atoms with Gasteiger partial charge >= 0.3 is 0 Å². The van der Waals surface area contributed by atoms with Crippen LogP contribution in [0.25, 0.3) is 10.9 Å². The first kappa shape index (κ1) is 14.5. The first-order chi connectivity index (χ1) is 10.6. The molecule has 0 amide bonds. The summed E-state index contributed by atoms with van der Waals surface area (Å²) >= 11 is 0. The van der Waals surface area contributed by atoms with E-state index in [0.29, 0.717) is 12.2 Å². The van der Waals surface area contributed by atoms with Gasteiger partial charge in [0.15, 0.2) is 5.83 Å². The highest BCUT2D eigenvalue weighted by atomic mass is 19.1. The number of allylic oxidation sites excluding steroid dienone is 1. The second-order valence-corrected chi connectivity index (χ2v) is 5.52. The number of fused-ring (bicyclic) bond motifs is 1. The maximum Gasteiger partial charge on any atom is 0.162 e. The van der Waals surface area contributed by atoms with Gasteiger partial charge in [-0.1, -0.05) is 6.92 Å². The highest BCUT2D eigenvalue weighted by Crippen LogP contribution is 2.33. The average Bonchev–Trinajstić information content (AvgIpc) is 2.90. The number of aromatic hydroxyl groups is 1. The predicted molar refractivity (Wildman–Crippen MR) is 87.5 cm³/mol. The number of likely N-dealkylation sites (N-methyl/N-ethyl adjacent to an activating group) is 1. The van der Waals surface area contributed by atoms with Gasteiger partial charge in [-0.15, -0.1) is 0 Å². The van der Waals surface area contributed by atoms with Crippen molar-refractivity contribution in [2.75, 3.05) is 25.0 Å². The number of phenols is 1. The molecule has 4 nitrogen and oxygen atoms in total. The van der Waals surface area contributed by atoms with Crippen molar-refractivity contribution in [3.05, 3.63) is 48.2 Å². The fourth-order valence-electron chi connectivity index (χ4n) is 2.82. The van der Waals surface area contributed by atoms with Crippen LogP contribution in [-0.4, -0.2) is 35.1 Å². The minimum Gasteiger partial charge on any atom is -0.508 e. The molecule has 2 N–H and O–H groups in total. The van der Waals surface area contributed by atoms with Crippen molar-refractivity contribution in [1.82, 2.24) is 9.88 Å². The van der Waals surface area contributed by atoms with E-state index in [1.807, 2.05) is 35.2 Å². The van der Waals surface area contributed by atoms with Crippen LogP contribution in [0, 0.1) is 0 Å². The second kappa shape index (κ2) is 5.75. The van der Waals surface area contributed by atoms with Gasteiger partial charge in [-0.3, -0.25) is 0 Å². The lowest BCUT2D eigenvalue weighted by Crippen LogP contribution is -2.27. The van der Waals surface area contributed by atoms with E-state index < -0.39 is 0 Å². The Labute approximate surface area is 129 Å². The molecule has 1 aromatic carbocycles. The third kappa shape index (κ3) is 2.54. The van der Waals surface area contributed by atoms with Crippen molar-refractivity contribution < 1.29 is 9.50 Å². The van der Waals surface area contributed by atoms with Gasteiger partial charge in [0.25, 0.3) is 0 Å². The fraction of sp³-hybridized carbons (Fsp3) is 0.294. The van der Waals surface area contributed by atoms with E-state index in [-0.39, 0.29) is 11.6 Å². The van der Waals surface area contributed by atoms with Gasteiger partial charge in [0.2, 0.25) is 0 Å². The summed E-state index contributed by atoms with van der Waals surface area (Å²) in [6.07, 6.45) is 6.29. The molecule has 0 bridgehead atoms. The Kier molecular flexibility index (Phi) is 3.79. The van der Waals surface area contributed by atoms with Crippen LogP contribution in [0.2, 0.25) is 0 Å². The fourth-order valence-corrected chi connectivity index (χ4v) is 2.82. The molecule has 0 radical (unpaired) electrons. The smallest absolute Gasteiger partial charge is 0.162 e. The molecule has 1 aliphatic rings. The molecule has 22 heavy (non-hydrogen) atoms. The number of benzene rings is 1. The van der Waals surface area contributed by atoms with Crippen molar-refractivity contribution in [2.45, 2.75) is 13.3 Å². The minimum absolute atomic E-state index is 0.199. The number of H-pyrrole nitrogens is 1. The summed E-state index contributed by atoms with van der Waals surface area (Å²) in [5.41, 5.74) is 2.30. The van der Waals surface area contributed by atoms with Crippen LogP contribution < -0.4 is 4.90 Å². The number of hydrogen-bond donors (Lipinski definition) is 2. The van der Waals surface area contributed by atoms with Gasteiger partial charge in [-0.05, 0) is 30.7 Å². The third-order valence-electron chi connectivity index (χ3n) is 3.94. The van der Waals surface area contributed by atoms with E-state index >= 15 is 0 Å². The van der Waals surface area contributed by atoms with E-state index in [9.17, 15) is 9.50 Å². The molecule has 0 saturated carbocycles. The monoisotopic (exact) mass is 301 g/mol. The number of rotatable bonds is 4. The summed E-state index contributed by atoms with van der Waals surface area (Å²) < 4.78 is 14.4. The third-order valence-corrected chi connectivity index (χ3v) is 3.94. The summed E-state index contributed by atoms with van der Waals surface area (Å²) in [5, 5.41) is 10.5. The molecule has 116 valence electrons. The van der Waals surface area contributed by atoms with Gasteiger partial charge in [0.05, 0.1) is 11.4 Å². The Bertz CT molecular complexity index is 747. The molecule has 5 heteroatoms. The number of phenolic OH excluding ortho intramolecular Hbond substituents is 1. The molecule has 0 unspecified atom stereocenters. The standard InChI is InChI=1S/C17H20FN3O/c1-3-7-21-8-6-16(14(18)11-21)20(2)17-10-19-15-5-4-12(22)9-13(15)17/h4-6,9-11,19,22H,3,7-8H2,1-2H3. The molecule has 2 aromatic rings. The van der Waals surface area contributed by atoms with E-state index in [1.165, 1.54) is 0 Å². The van der Waals surface area contributed by atoms with Crippen molar-refractivity contribution in [3.8, 4) is 5.75 Å². The zero-order valence-electron chi connectivity index (χ0n) is 12.8. The van der Waals surface area contributed by atoms with E-state index in [0.717, 1.165) is 29.6 Å². The van der Waals surface area contributed by atoms with Crippen LogP contribution in [0.15, 0.2) is 48.2 Å². The van der Waals surface area contributed by atoms with Gasteiger partial charge in [0.1, 0.15) is 5.75 Å². The lowest BCUT2D eigenvalue weighted by atomic mass is 10.2. The molecule has 1 aliphatic heterocycles. The summed E-state index contributed by atoms with van der Waals surface area (Å²) in [6.45, 7) is 3.63. The molecule has 0 aliphatic carbocycles. The lowest BCUT2D eigenvalue weighted by molar-refractivity contribution is 0.390. The number of hydrogen-bond acceptors (Lipinski definition) is 3. The molecule has 0 fully saturated rings. The number of aromatic amines is 1. The zero-order chi connectivity index (χ0) is 15.7. The maximum atomic E-state index is 14.4. The molecule has 1 aromatic heterocycles.